The highest BCUT2D eigenvalue weighted by Crippen LogP contribution is 2.27. The summed E-state index contributed by atoms with van der Waals surface area (Å²) < 4.78 is 22.1. The number of amides is 1. The molecular formula is C24H25NO5. The summed E-state index contributed by atoms with van der Waals surface area (Å²) in [6.45, 7) is 2.66. The number of benzene rings is 3. The van der Waals surface area contributed by atoms with Crippen LogP contribution in [-0.4, -0.2) is 26.7 Å². The second-order valence-corrected chi connectivity index (χ2v) is 6.38. The predicted molar refractivity (Wildman–Crippen MR) is 116 cm³/mol. The molecule has 0 radical (unpaired) electrons. The number of para-hydroxylation sites is 2. The molecule has 0 spiro atoms. The van der Waals surface area contributed by atoms with E-state index in [1.54, 1.807) is 44.6 Å². The SMILES string of the molecule is CCOc1ccccc1NC(=O)c1ccc(OC)c(COc2cccc(OC)c2)c1. The van der Waals surface area contributed by atoms with Crippen LogP contribution in [0.15, 0.2) is 66.7 Å². The summed E-state index contributed by atoms with van der Waals surface area (Å²) in [7, 11) is 3.19. The van der Waals surface area contributed by atoms with Crippen LogP contribution in [0.5, 0.6) is 23.0 Å². The van der Waals surface area contributed by atoms with Gasteiger partial charge in [-0.2, -0.15) is 0 Å². The Kier molecular flexibility index (Phi) is 7.16. The first-order valence-corrected chi connectivity index (χ1v) is 9.61. The molecule has 6 nitrogen and oxygen atoms in total. The standard InChI is InChI=1S/C24H25NO5/c1-4-29-23-11-6-5-10-21(23)25-24(26)17-12-13-22(28-3)18(14-17)16-30-20-9-7-8-19(15-20)27-2/h5-15H,4,16H2,1-3H3,(H,25,26). The highest BCUT2D eigenvalue weighted by molar-refractivity contribution is 6.05. The Morgan fingerprint density at radius 1 is 0.833 bits per heavy atom. The molecule has 1 amide bonds. The molecule has 0 heterocycles. The Balaban J connectivity index is 1.77. The first kappa shape index (κ1) is 21.0. The first-order chi connectivity index (χ1) is 14.6. The average molecular weight is 407 g/mol. The molecule has 30 heavy (non-hydrogen) atoms. The molecule has 1 N–H and O–H groups in total. The van der Waals surface area contributed by atoms with Crippen LogP contribution in [0.1, 0.15) is 22.8 Å². The molecule has 3 rings (SSSR count). The van der Waals surface area contributed by atoms with Crippen molar-refractivity contribution in [2.45, 2.75) is 13.5 Å². The zero-order valence-electron chi connectivity index (χ0n) is 17.3. The monoisotopic (exact) mass is 407 g/mol. The van der Waals surface area contributed by atoms with E-state index >= 15 is 0 Å². The lowest BCUT2D eigenvalue weighted by atomic mass is 10.1. The number of carbonyl (C=O) groups is 1. The number of hydrogen-bond acceptors (Lipinski definition) is 5. The van der Waals surface area contributed by atoms with Crippen molar-refractivity contribution in [2.24, 2.45) is 0 Å². The van der Waals surface area contributed by atoms with Crippen LogP contribution in [0.4, 0.5) is 5.69 Å². The van der Waals surface area contributed by atoms with E-state index in [1.165, 1.54) is 0 Å². The number of ether oxygens (including phenoxy) is 4. The fourth-order valence-electron chi connectivity index (χ4n) is 2.93. The molecule has 0 atom stereocenters. The molecule has 6 heteroatoms. The molecule has 0 aliphatic carbocycles. The van der Waals surface area contributed by atoms with Crippen LogP contribution >= 0.6 is 0 Å². The number of rotatable bonds is 9. The van der Waals surface area contributed by atoms with Crippen LogP contribution in [-0.2, 0) is 6.61 Å². The highest BCUT2D eigenvalue weighted by atomic mass is 16.5. The Morgan fingerprint density at radius 3 is 2.40 bits per heavy atom. The van der Waals surface area contributed by atoms with Crippen molar-refractivity contribution < 1.29 is 23.7 Å². The van der Waals surface area contributed by atoms with Gasteiger partial charge in [-0.1, -0.05) is 18.2 Å². The summed E-state index contributed by atoms with van der Waals surface area (Å²) >= 11 is 0. The van der Waals surface area contributed by atoms with Crippen molar-refractivity contribution in [1.82, 2.24) is 0 Å². The molecule has 0 aliphatic heterocycles. The maximum Gasteiger partial charge on any atom is 0.255 e. The summed E-state index contributed by atoms with van der Waals surface area (Å²) in [4.78, 5) is 12.8. The van der Waals surface area contributed by atoms with Crippen LogP contribution < -0.4 is 24.3 Å². The second-order valence-electron chi connectivity index (χ2n) is 6.38. The molecule has 0 saturated heterocycles. The van der Waals surface area contributed by atoms with Crippen LogP contribution in [0, 0.1) is 0 Å². The summed E-state index contributed by atoms with van der Waals surface area (Å²) in [6.07, 6.45) is 0. The quantitative estimate of drug-likeness (QED) is 0.545. The van der Waals surface area contributed by atoms with Crippen molar-refractivity contribution in [3.63, 3.8) is 0 Å². The number of nitrogens with one attached hydrogen (secondary N) is 1. The zero-order chi connectivity index (χ0) is 21.3. The third-order valence-corrected chi connectivity index (χ3v) is 4.41. The van der Waals surface area contributed by atoms with Gasteiger partial charge in [-0.3, -0.25) is 4.79 Å². The van der Waals surface area contributed by atoms with Gasteiger partial charge < -0.3 is 24.3 Å². The average Bonchev–Trinajstić information content (AvgIpc) is 2.79. The largest absolute Gasteiger partial charge is 0.497 e. The van der Waals surface area contributed by atoms with Gasteiger partial charge in [0.05, 0.1) is 26.5 Å². The van der Waals surface area contributed by atoms with Crippen molar-refractivity contribution >= 4 is 11.6 Å². The van der Waals surface area contributed by atoms with Gasteiger partial charge in [-0.05, 0) is 49.4 Å². The van der Waals surface area contributed by atoms with Gasteiger partial charge >= 0.3 is 0 Å². The molecule has 0 saturated carbocycles. The predicted octanol–water partition coefficient (Wildman–Crippen LogP) is 4.93. The lowest BCUT2D eigenvalue weighted by Gasteiger charge is -2.14. The Hall–Kier alpha value is -3.67. The van der Waals surface area contributed by atoms with E-state index in [0.717, 1.165) is 5.56 Å². The van der Waals surface area contributed by atoms with E-state index in [9.17, 15) is 4.79 Å². The fraction of sp³-hybridized carbons (Fsp3) is 0.208. The molecule has 0 aromatic heterocycles. The summed E-state index contributed by atoms with van der Waals surface area (Å²) in [6, 6.07) is 19.9. The normalized spacial score (nSPS) is 10.2. The number of hydrogen-bond donors (Lipinski definition) is 1. The van der Waals surface area contributed by atoms with Crippen molar-refractivity contribution in [1.29, 1.82) is 0 Å². The number of anilines is 1. The smallest absolute Gasteiger partial charge is 0.255 e. The topological polar surface area (TPSA) is 66.0 Å². The van der Waals surface area contributed by atoms with Gasteiger partial charge in [-0.15, -0.1) is 0 Å². The van der Waals surface area contributed by atoms with E-state index in [0.29, 0.717) is 40.9 Å². The van der Waals surface area contributed by atoms with E-state index in [-0.39, 0.29) is 12.5 Å². The van der Waals surface area contributed by atoms with Gasteiger partial charge in [0.25, 0.3) is 5.91 Å². The Labute approximate surface area is 176 Å². The van der Waals surface area contributed by atoms with Crippen LogP contribution in [0.3, 0.4) is 0 Å². The maximum atomic E-state index is 12.8. The second kappa shape index (κ2) is 10.2. The molecule has 156 valence electrons. The number of carbonyl (C=O) groups excluding carboxylic acids is 1. The maximum absolute atomic E-state index is 12.8. The number of methoxy groups -OCH3 is 2. The summed E-state index contributed by atoms with van der Waals surface area (Å²) in [5.74, 6) is 2.40. The molecule has 0 unspecified atom stereocenters. The van der Waals surface area contributed by atoms with Crippen molar-refractivity contribution in [3.8, 4) is 23.0 Å². The first-order valence-electron chi connectivity index (χ1n) is 9.61. The Morgan fingerprint density at radius 2 is 1.63 bits per heavy atom. The van der Waals surface area contributed by atoms with Gasteiger partial charge in [0, 0.05) is 17.2 Å². The van der Waals surface area contributed by atoms with E-state index in [4.69, 9.17) is 18.9 Å². The molecule has 0 fully saturated rings. The van der Waals surface area contributed by atoms with Crippen LogP contribution in [0.2, 0.25) is 0 Å². The molecule has 3 aromatic carbocycles. The van der Waals surface area contributed by atoms with E-state index in [1.807, 2.05) is 43.3 Å². The summed E-state index contributed by atoms with van der Waals surface area (Å²) in [5.41, 5.74) is 1.87. The fourth-order valence-corrected chi connectivity index (χ4v) is 2.93. The van der Waals surface area contributed by atoms with E-state index < -0.39 is 0 Å². The third-order valence-electron chi connectivity index (χ3n) is 4.41. The molecule has 0 aliphatic rings. The minimum atomic E-state index is -0.243. The van der Waals surface area contributed by atoms with Gasteiger partial charge in [0.15, 0.2) is 0 Å². The lowest BCUT2D eigenvalue weighted by molar-refractivity contribution is 0.102. The van der Waals surface area contributed by atoms with Gasteiger partial charge in [0.2, 0.25) is 0 Å². The molecular weight excluding hydrogens is 382 g/mol. The van der Waals surface area contributed by atoms with Crippen molar-refractivity contribution in [3.05, 3.63) is 77.9 Å². The minimum Gasteiger partial charge on any atom is -0.497 e. The third kappa shape index (κ3) is 5.23. The van der Waals surface area contributed by atoms with Gasteiger partial charge in [0.1, 0.15) is 29.6 Å². The highest BCUT2D eigenvalue weighted by Gasteiger charge is 2.13. The van der Waals surface area contributed by atoms with Crippen molar-refractivity contribution in [2.75, 3.05) is 26.1 Å². The summed E-state index contributed by atoms with van der Waals surface area (Å²) in [5, 5.41) is 2.90. The van der Waals surface area contributed by atoms with Crippen LogP contribution in [0.25, 0.3) is 0 Å². The molecule has 3 aromatic rings. The lowest BCUT2D eigenvalue weighted by Crippen LogP contribution is -2.14. The Bertz CT molecular complexity index is 1000. The molecule has 0 bridgehead atoms. The van der Waals surface area contributed by atoms with Gasteiger partial charge in [-0.25, -0.2) is 0 Å². The zero-order valence-corrected chi connectivity index (χ0v) is 17.3. The minimum absolute atomic E-state index is 0.243. The van der Waals surface area contributed by atoms with E-state index in [2.05, 4.69) is 5.32 Å².